The van der Waals surface area contributed by atoms with E-state index >= 15 is 0 Å². The number of hydrogen-bond donors (Lipinski definition) is 0. The maximum absolute atomic E-state index is 11.8. The normalized spacial score (nSPS) is 11.2. The molecule has 0 radical (unpaired) electrons. The molecule has 0 aliphatic rings. The molecule has 0 bridgehead atoms. The molecular weight excluding hydrogens is 252 g/mol. The summed E-state index contributed by atoms with van der Waals surface area (Å²) in [5.74, 6) is -0.0238. The van der Waals surface area contributed by atoms with Crippen molar-refractivity contribution < 1.29 is 8.42 Å². The van der Waals surface area contributed by atoms with Gasteiger partial charge in [-0.1, -0.05) is 43.7 Å². The fourth-order valence-corrected chi connectivity index (χ4v) is 2.87. The van der Waals surface area contributed by atoms with Gasteiger partial charge in [-0.15, -0.1) is 4.91 Å². The van der Waals surface area contributed by atoms with Crippen LogP contribution in [-0.2, 0) is 16.4 Å². The first-order valence-electron chi connectivity index (χ1n) is 5.97. The van der Waals surface area contributed by atoms with E-state index < -0.39 is 10.0 Å². The molecule has 0 saturated carbocycles. The summed E-state index contributed by atoms with van der Waals surface area (Å²) in [5, 5.41) is 2.62. The van der Waals surface area contributed by atoms with Crippen molar-refractivity contribution in [2.75, 3.05) is 12.3 Å². The van der Waals surface area contributed by atoms with Gasteiger partial charge in [0.2, 0.25) is 0 Å². The van der Waals surface area contributed by atoms with Crippen LogP contribution in [-0.4, -0.2) is 25.1 Å². The van der Waals surface area contributed by atoms with E-state index in [1.807, 2.05) is 37.3 Å². The summed E-state index contributed by atoms with van der Waals surface area (Å²) in [5.41, 5.74) is 0.983. The van der Waals surface area contributed by atoms with Gasteiger partial charge in [-0.05, 0) is 18.4 Å². The summed E-state index contributed by atoms with van der Waals surface area (Å²) in [6, 6.07) is 9.42. The van der Waals surface area contributed by atoms with Crippen molar-refractivity contribution in [1.29, 1.82) is 0 Å². The van der Waals surface area contributed by atoms with Gasteiger partial charge >= 0.3 is 0 Å². The first-order chi connectivity index (χ1) is 8.60. The molecule has 6 heteroatoms. The molecule has 0 atom stereocenters. The highest BCUT2D eigenvalue weighted by Crippen LogP contribution is 2.08. The lowest BCUT2D eigenvalue weighted by Crippen LogP contribution is -2.29. The molecule has 1 aromatic rings. The third kappa shape index (κ3) is 4.44. The van der Waals surface area contributed by atoms with Gasteiger partial charge in [0.25, 0.3) is 10.0 Å². The molecule has 0 aliphatic heterocycles. The van der Waals surface area contributed by atoms with Crippen molar-refractivity contribution in [3.63, 3.8) is 0 Å². The van der Waals surface area contributed by atoms with Crippen LogP contribution in [0.25, 0.3) is 0 Å². The van der Waals surface area contributed by atoms with E-state index in [0.717, 1.165) is 12.0 Å². The summed E-state index contributed by atoms with van der Waals surface area (Å²) >= 11 is 0. The summed E-state index contributed by atoms with van der Waals surface area (Å²) in [7, 11) is -3.55. The Labute approximate surface area is 108 Å². The van der Waals surface area contributed by atoms with Crippen LogP contribution in [0.15, 0.2) is 35.6 Å². The summed E-state index contributed by atoms with van der Waals surface area (Å²) < 4.78 is 24.2. The highest BCUT2D eigenvalue weighted by molar-refractivity contribution is 7.89. The maximum Gasteiger partial charge on any atom is 0.252 e. The molecule has 1 aromatic carbocycles. The zero-order chi connectivity index (χ0) is 13.4. The molecule has 1 rings (SSSR count). The first kappa shape index (κ1) is 14.6. The number of benzene rings is 1. The molecular formula is C12H18N2O3S. The molecule has 0 spiro atoms. The smallest absolute Gasteiger partial charge is 0.205 e. The first-order valence-corrected chi connectivity index (χ1v) is 7.58. The van der Waals surface area contributed by atoms with Gasteiger partial charge in [0, 0.05) is 0 Å². The van der Waals surface area contributed by atoms with Crippen LogP contribution in [0.2, 0.25) is 0 Å². The predicted octanol–water partition coefficient (Wildman–Crippen LogP) is 2.34. The van der Waals surface area contributed by atoms with Crippen molar-refractivity contribution >= 4 is 10.0 Å². The zero-order valence-corrected chi connectivity index (χ0v) is 11.3. The van der Waals surface area contributed by atoms with Gasteiger partial charge in [0.15, 0.2) is 0 Å². The van der Waals surface area contributed by atoms with Gasteiger partial charge < -0.3 is 0 Å². The fourth-order valence-electron chi connectivity index (χ4n) is 1.53. The van der Waals surface area contributed by atoms with Crippen molar-refractivity contribution in [2.24, 2.45) is 5.29 Å². The molecule has 0 saturated heterocycles. The van der Waals surface area contributed by atoms with Crippen LogP contribution in [0.4, 0.5) is 0 Å². The van der Waals surface area contributed by atoms with Gasteiger partial charge in [-0.3, -0.25) is 0 Å². The van der Waals surface area contributed by atoms with E-state index in [1.165, 1.54) is 0 Å². The van der Waals surface area contributed by atoms with Crippen LogP contribution in [0, 0.1) is 4.91 Å². The van der Waals surface area contributed by atoms with Crippen molar-refractivity contribution in [1.82, 2.24) is 4.41 Å². The summed E-state index contributed by atoms with van der Waals surface area (Å²) in [6.07, 6.45) is 1.79. The lowest BCUT2D eigenvalue weighted by atomic mass is 10.2. The Hall–Kier alpha value is -1.43. The number of nitroso groups, excluding NO2 is 1. The van der Waals surface area contributed by atoms with Gasteiger partial charge in [0.05, 0.1) is 17.6 Å². The number of rotatable bonds is 8. The minimum atomic E-state index is -3.55. The summed E-state index contributed by atoms with van der Waals surface area (Å²) in [6.45, 7) is 2.00. The van der Waals surface area contributed by atoms with E-state index in [0.29, 0.717) is 17.3 Å². The molecule has 18 heavy (non-hydrogen) atoms. The number of nitrogens with zero attached hydrogens (tertiary/aromatic N) is 2. The van der Waals surface area contributed by atoms with Gasteiger partial charge in [0.1, 0.15) is 0 Å². The largest absolute Gasteiger partial charge is 0.252 e. The number of sulfonamides is 1. The quantitative estimate of drug-likeness (QED) is 0.538. The Balaban J connectivity index is 2.59. The van der Waals surface area contributed by atoms with E-state index in [-0.39, 0.29) is 12.3 Å². The molecule has 0 aliphatic carbocycles. The van der Waals surface area contributed by atoms with E-state index in [2.05, 4.69) is 5.29 Å². The Morgan fingerprint density at radius 1 is 1.22 bits per heavy atom. The second kappa shape index (κ2) is 7.10. The Kier molecular flexibility index (Phi) is 5.77. The van der Waals surface area contributed by atoms with Crippen molar-refractivity contribution in [3.8, 4) is 0 Å². The van der Waals surface area contributed by atoms with Gasteiger partial charge in [-0.2, -0.15) is 4.41 Å². The zero-order valence-electron chi connectivity index (χ0n) is 10.4. The Morgan fingerprint density at radius 3 is 2.44 bits per heavy atom. The molecule has 5 nitrogen and oxygen atoms in total. The monoisotopic (exact) mass is 270 g/mol. The van der Waals surface area contributed by atoms with Crippen molar-refractivity contribution in [3.05, 3.63) is 40.8 Å². The van der Waals surface area contributed by atoms with Crippen LogP contribution in [0.1, 0.15) is 25.3 Å². The molecule has 0 amide bonds. The maximum atomic E-state index is 11.8. The molecule has 0 N–H and O–H groups in total. The lowest BCUT2D eigenvalue weighted by molar-refractivity contribution is 0.428. The molecule has 0 aromatic heterocycles. The number of unbranched alkanes of at least 4 members (excludes halogenated alkanes) is 1. The SMILES string of the molecule is CCCCS(=O)(=O)N(CCc1ccccc1)N=O. The van der Waals surface area contributed by atoms with Crippen LogP contribution in [0.3, 0.4) is 0 Å². The Bertz CT molecular complexity index is 459. The highest BCUT2D eigenvalue weighted by Gasteiger charge is 2.20. The topological polar surface area (TPSA) is 66.8 Å². The molecule has 0 unspecified atom stereocenters. The lowest BCUT2D eigenvalue weighted by Gasteiger charge is -2.15. The second-order valence-electron chi connectivity index (χ2n) is 4.03. The van der Waals surface area contributed by atoms with E-state index in [4.69, 9.17) is 0 Å². The van der Waals surface area contributed by atoms with Crippen LogP contribution >= 0.6 is 0 Å². The fraction of sp³-hybridized carbons (Fsp3) is 0.500. The Morgan fingerprint density at radius 2 is 1.89 bits per heavy atom. The van der Waals surface area contributed by atoms with Gasteiger partial charge in [-0.25, -0.2) is 8.42 Å². The van der Waals surface area contributed by atoms with Crippen LogP contribution in [0.5, 0.6) is 0 Å². The predicted molar refractivity (Wildman–Crippen MR) is 71.3 cm³/mol. The number of hydrogen-bond acceptors (Lipinski definition) is 4. The third-order valence-corrected chi connectivity index (χ3v) is 4.30. The molecule has 0 heterocycles. The summed E-state index contributed by atoms with van der Waals surface area (Å²) in [4.78, 5) is 10.6. The van der Waals surface area contributed by atoms with Crippen molar-refractivity contribution in [2.45, 2.75) is 26.2 Å². The minimum Gasteiger partial charge on any atom is -0.205 e. The van der Waals surface area contributed by atoms with Crippen LogP contribution < -0.4 is 0 Å². The average Bonchev–Trinajstić information content (AvgIpc) is 2.38. The second-order valence-corrected chi connectivity index (χ2v) is 6.03. The highest BCUT2D eigenvalue weighted by atomic mass is 32.2. The molecule has 0 fully saturated rings. The standard InChI is InChI=1S/C12H18N2O3S/c1-2-3-11-18(16,17)14(13-15)10-9-12-7-5-4-6-8-12/h4-8H,2-3,9-11H2,1H3. The molecule has 100 valence electrons. The third-order valence-electron chi connectivity index (χ3n) is 2.60. The minimum absolute atomic E-state index is 0.0238. The van der Waals surface area contributed by atoms with E-state index in [9.17, 15) is 13.3 Å². The average molecular weight is 270 g/mol. The van der Waals surface area contributed by atoms with E-state index in [1.54, 1.807) is 0 Å².